The van der Waals surface area contributed by atoms with E-state index in [1.807, 2.05) is 20.8 Å². The van der Waals surface area contributed by atoms with Crippen molar-refractivity contribution >= 4 is 23.0 Å². The summed E-state index contributed by atoms with van der Waals surface area (Å²) in [5.74, 6) is -0.439. The zero-order chi connectivity index (χ0) is 14.7. The third kappa shape index (κ3) is 3.11. The number of anilines is 1. The zero-order valence-corrected chi connectivity index (χ0v) is 12.4. The second-order valence-corrected chi connectivity index (χ2v) is 5.60. The number of aryl methyl sites for hydroxylation is 1. The Kier molecular flexibility index (Phi) is 4.29. The number of carboxylic acids is 1. The van der Waals surface area contributed by atoms with Crippen molar-refractivity contribution in [3.8, 4) is 0 Å². The van der Waals surface area contributed by atoms with Crippen LogP contribution in [0.5, 0.6) is 0 Å². The Hall–Kier alpha value is -2.02. The highest BCUT2D eigenvalue weighted by Gasteiger charge is 2.15. The van der Waals surface area contributed by atoms with Gasteiger partial charge in [-0.25, -0.2) is 19.7 Å². The van der Waals surface area contributed by atoms with Crippen LogP contribution in [-0.2, 0) is 6.54 Å². The van der Waals surface area contributed by atoms with Gasteiger partial charge in [0.25, 0.3) is 0 Å². The molecule has 0 fully saturated rings. The van der Waals surface area contributed by atoms with Crippen LogP contribution in [-0.4, -0.2) is 26.0 Å². The minimum Gasteiger partial charge on any atom is -0.476 e. The average Bonchev–Trinajstić information content (AvgIpc) is 2.81. The van der Waals surface area contributed by atoms with E-state index in [0.29, 0.717) is 18.1 Å². The Labute approximate surface area is 120 Å². The molecule has 0 amide bonds. The summed E-state index contributed by atoms with van der Waals surface area (Å²) in [6.07, 6.45) is 1.53. The Balaban J connectivity index is 2.23. The molecule has 0 spiro atoms. The van der Waals surface area contributed by atoms with E-state index in [2.05, 4.69) is 20.3 Å². The zero-order valence-electron chi connectivity index (χ0n) is 11.5. The SMILES string of the molecule is Cc1ncsc1CNc1cnc(C(C)C)nc1C(=O)O. The number of nitrogens with zero attached hydrogens (tertiary/aromatic N) is 3. The van der Waals surface area contributed by atoms with E-state index in [9.17, 15) is 9.90 Å². The molecule has 6 nitrogen and oxygen atoms in total. The maximum Gasteiger partial charge on any atom is 0.356 e. The van der Waals surface area contributed by atoms with E-state index >= 15 is 0 Å². The van der Waals surface area contributed by atoms with E-state index in [4.69, 9.17) is 0 Å². The van der Waals surface area contributed by atoms with Crippen molar-refractivity contribution in [1.29, 1.82) is 0 Å². The lowest BCUT2D eigenvalue weighted by atomic mass is 10.2. The lowest BCUT2D eigenvalue weighted by Gasteiger charge is -2.10. The number of carbonyl (C=O) groups is 1. The smallest absolute Gasteiger partial charge is 0.356 e. The number of rotatable bonds is 5. The normalized spacial score (nSPS) is 10.8. The molecule has 7 heteroatoms. The summed E-state index contributed by atoms with van der Waals surface area (Å²) in [6, 6.07) is 0. The number of hydrogen-bond donors (Lipinski definition) is 2. The first kappa shape index (κ1) is 14.4. The molecule has 2 N–H and O–H groups in total. The largest absolute Gasteiger partial charge is 0.476 e. The molecular formula is C13H16N4O2S. The third-order valence-electron chi connectivity index (χ3n) is 2.81. The van der Waals surface area contributed by atoms with Crippen molar-refractivity contribution in [2.45, 2.75) is 33.2 Å². The molecule has 106 valence electrons. The fraction of sp³-hybridized carbons (Fsp3) is 0.385. The number of aromatic nitrogens is 3. The van der Waals surface area contributed by atoms with Gasteiger partial charge >= 0.3 is 5.97 Å². The van der Waals surface area contributed by atoms with Crippen molar-refractivity contribution in [3.63, 3.8) is 0 Å². The topological polar surface area (TPSA) is 88.0 Å². The Morgan fingerprint density at radius 1 is 1.45 bits per heavy atom. The van der Waals surface area contributed by atoms with Crippen molar-refractivity contribution in [1.82, 2.24) is 15.0 Å². The quantitative estimate of drug-likeness (QED) is 0.881. The average molecular weight is 292 g/mol. The highest BCUT2D eigenvalue weighted by Crippen LogP contribution is 2.19. The molecule has 0 atom stereocenters. The van der Waals surface area contributed by atoms with Crippen LogP contribution in [0.3, 0.4) is 0 Å². The van der Waals surface area contributed by atoms with Gasteiger partial charge in [0.2, 0.25) is 0 Å². The van der Waals surface area contributed by atoms with Crippen molar-refractivity contribution in [3.05, 3.63) is 33.8 Å². The summed E-state index contributed by atoms with van der Waals surface area (Å²) in [4.78, 5) is 24.8. The van der Waals surface area contributed by atoms with Crippen LogP contribution in [0.25, 0.3) is 0 Å². The van der Waals surface area contributed by atoms with Gasteiger partial charge in [0, 0.05) is 10.8 Å². The maximum atomic E-state index is 11.3. The number of carboxylic acid groups (broad SMARTS) is 1. The molecule has 0 saturated carbocycles. The first-order valence-corrected chi connectivity index (χ1v) is 7.10. The lowest BCUT2D eigenvalue weighted by Crippen LogP contribution is -2.12. The lowest BCUT2D eigenvalue weighted by molar-refractivity contribution is 0.0691. The van der Waals surface area contributed by atoms with E-state index in [1.54, 1.807) is 5.51 Å². The summed E-state index contributed by atoms with van der Waals surface area (Å²) in [6.45, 7) is 6.29. The van der Waals surface area contributed by atoms with Gasteiger partial charge in [0.05, 0.1) is 29.6 Å². The van der Waals surface area contributed by atoms with Crippen molar-refractivity contribution in [2.75, 3.05) is 5.32 Å². The maximum absolute atomic E-state index is 11.3. The molecule has 2 aromatic heterocycles. The van der Waals surface area contributed by atoms with Crippen LogP contribution in [0.2, 0.25) is 0 Å². The number of hydrogen-bond acceptors (Lipinski definition) is 6. The molecule has 0 aliphatic heterocycles. The number of aromatic carboxylic acids is 1. The molecule has 0 saturated heterocycles. The molecule has 0 radical (unpaired) electrons. The van der Waals surface area contributed by atoms with Crippen molar-refractivity contribution in [2.24, 2.45) is 0 Å². The molecule has 0 aliphatic carbocycles. The van der Waals surface area contributed by atoms with Gasteiger partial charge in [0.15, 0.2) is 5.69 Å². The van der Waals surface area contributed by atoms with Gasteiger partial charge in [-0.15, -0.1) is 11.3 Å². The molecule has 0 bridgehead atoms. The second-order valence-electron chi connectivity index (χ2n) is 4.66. The minimum absolute atomic E-state index is 0.00543. The predicted molar refractivity (Wildman–Crippen MR) is 77.3 cm³/mol. The highest BCUT2D eigenvalue weighted by molar-refractivity contribution is 7.09. The van der Waals surface area contributed by atoms with E-state index in [0.717, 1.165) is 10.6 Å². The Bertz CT molecular complexity index is 625. The minimum atomic E-state index is -1.06. The number of thiazole rings is 1. The number of nitrogens with one attached hydrogen (secondary N) is 1. The van der Waals surface area contributed by atoms with Crippen molar-refractivity contribution < 1.29 is 9.90 Å². The van der Waals surface area contributed by atoms with Gasteiger partial charge in [0.1, 0.15) is 5.82 Å². The first-order chi connectivity index (χ1) is 9.49. The van der Waals surface area contributed by atoms with Gasteiger partial charge < -0.3 is 10.4 Å². The molecule has 0 aliphatic rings. The standard InChI is InChI=1S/C13H16N4O2S/c1-7(2)12-15-4-9(11(17-12)13(18)19)14-5-10-8(3)16-6-20-10/h4,6-7,14H,5H2,1-3H3,(H,18,19). The summed E-state index contributed by atoms with van der Waals surface area (Å²) in [5.41, 5.74) is 3.14. The molecule has 20 heavy (non-hydrogen) atoms. The van der Waals surface area contributed by atoms with Gasteiger partial charge in [-0.05, 0) is 6.92 Å². The van der Waals surface area contributed by atoms with E-state index in [-0.39, 0.29) is 11.6 Å². The van der Waals surface area contributed by atoms with Crippen LogP contribution >= 0.6 is 11.3 Å². The van der Waals surface area contributed by atoms with Gasteiger partial charge in [-0.1, -0.05) is 13.8 Å². The molecule has 2 rings (SSSR count). The van der Waals surface area contributed by atoms with Crippen LogP contribution in [0.4, 0.5) is 5.69 Å². The summed E-state index contributed by atoms with van der Waals surface area (Å²) < 4.78 is 0. The first-order valence-electron chi connectivity index (χ1n) is 6.22. The fourth-order valence-corrected chi connectivity index (χ4v) is 2.35. The van der Waals surface area contributed by atoms with Crippen LogP contribution in [0.1, 0.15) is 46.6 Å². The molecular weight excluding hydrogens is 276 g/mol. The van der Waals surface area contributed by atoms with E-state index < -0.39 is 5.97 Å². The van der Waals surface area contributed by atoms with Crippen LogP contribution in [0.15, 0.2) is 11.7 Å². The van der Waals surface area contributed by atoms with Gasteiger partial charge in [-0.2, -0.15) is 0 Å². The third-order valence-corrected chi connectivity index (χ3v) is 3.75. The molecule has 0 aromatic carbocycles. The summed E-state index contributed by atoms with van der Waals surface area (Å²) in [7, 11) is 0. The van der Waals surface area contributed by atoms with Crippen LogP contribution in [0, 0.1) is 6.92 Å². The highest BCUT2D eigenvalue weighted by atomic mass is 32.1. The summed E-state index contributed by atoms with van der Waals surface area (Å²) in [5, 5.41) is 12.3. The molecule has 2 heterocycles. The Morgan fingerprint density at radius 3 is 2.75 bits per heavy atom. The Morgan fingerprint density at radius 2 is 2.20 bits per heavy atom. The van der Waals surface area contributed by atoms with Crippen LogP contribution < -0.4 is 5.32 Å². The van der Waals surface area contributed by atoms with Gasteiger partial charge in [-0.3, -0.25) is 0 Å². The summed E-state index contributed by atoms with van der Waals surface area (Å²) >= 11 is 1.53. The monoisotopic (exact) mass is 292 g/mol. The molecule has 0 unspecified atom stereocenters. The predicted octanol–water partition coefficient (Wildman–Crippen LogP) is 2.68. The second kappa shape index (κ2) is 5.96. The van der Waals surface area contributed by atoms with E-state index in [1.165, 1.54) is 17.5 Å². The fourth-order valence-electron chi connectivity index (χ4n) is 1.64. The molecule has 2 aromatic rings.